The minimum absolute atomic E-state index is 0.471. The van der Waals surface area contributed by atoms with Crippen LogP contribution in [0, 0.1) is 0 Å². The molecular weight excluding hydrogens is 279 g/mol. The Morgan fingerprint density at radius 3 is 2.87 bits per heavy atom. The van der Waals surface area contributed by atoms with Crippen LogP contribution in [0.25, 0.3) is 0 Å². The molecule has 0 fully saturated rings. The fourth-order valence-corrected chi connectivity index (χ4v) is 1.70. The van der Waals surface area contributed by atoms with Crippen molar-refractivity contribution in [1.82, 2.24) is 0 Å². The van der Waals surface area contributed by atoms with E-state index >= 15 is 0 Å². The summed E-state index contributed by atoms with van der Waals surface area (Å²) in [6, 6.07) is 3.42. The van der Waals surface area contributed by atoms with Crippen molar-refractivity contribution in [3.63, 3.8) is 0 Å². The Kier molecular flexibility index (Phi) is 5.12. The molecule has 0 saturated heterocycles. The lowest BCUT2D eigenvalue weighted by atomic mass is 10.2. The number of rotatable bonds is 5. The van der Waals surface area contributed by atoms with E-state index in [1.165, 1.54) is 0 Å². The molecule has 0 N–H and O–H groups in total. The van der Waals surface area contributed by atoms with Crippen LogP contribution in [0.15, 0.2) is 16.6 Å². The van der Waals surface area contributed by atoms with Gasteiger partial charge in [0.2, 0.25) is 0 Å². The van der Waals surface area contributed by atoms with Crippen LogP contribution < -0.4 is 4.74 Å². The van der Waals surface area contributed by atoms with Crippen LogP contribution >= 0.6 is 27.5 Å². The SMILES string of the molecule is CCCCOc1ccc(Cl)c(Br)c1C=O. The summed E-state index contributed by atoms with van der Waals surface area (Å²) in [5, 5.41) is 0.514. The number of carbonyl (C=O) groups is 1. The molecule has 1 aromatic rings. The van der Waals surface area contributed by atoms with Gasteiger partial charge in [0, 0.05) is 0 Å². The summed E-state index contributed by atoms with van der Waals surface area (Å²) in [4.78, 5) is 10.9. The van der Waals surface area contributed by atoms with Gasteiger partial charge < -0.3 is 4.74 Å². The van der Waals surface area contributed by atoms with Gasteiger partial charge in [0.25, 0.3) is 0 Å². The topological polar surface area (TPSA) is 26.3 Å². The molecule has 0 aliphatic heterocycles. The lowest BCUT2D eigenvalue weighted by molar-refractivity contribution is 0.111. The smallest absolute Gasteiger partial charge is 0.154 e. The van der Waals surface area contributed by atoms with Gasteiger partial charge in [-0.15, -0.1) is 0 Å². The van der Waals surface area contributed by atoms with Crippen molar-refractivity contribution in [2.24, 2.45) is 0 Å². The molecule has 0 bridgehead atoms. The van der Waals surface area contributed by atoms with Crippen LogP contribution in [0.3, 0.4) is 0 Å². The Hall–Kier alpha value is -0.540. The molecule has 0 aromatic heterocycles. The Labute approximate surface area is 103 Å². The van der Waals surface area contributed by atoms with E-state index in [1.807, 2.05) is 0 Å². The first kappa shape index (κ1) is 12.5. The third-order valence-corrected chi connectivity index (χ3v) is 3.36. The van der Waals surface area contributed by atoms with Crippen molar-refractivity contribution < 1.29 is 9.53 Å². The molecule has 0 atom stereocenters. The number of ether oxygens (including phenoxy) is 1. The number of aldehydes is 1. The number of hydrogen-bond acceptors (Lipinski definition) is 2. The fourth-order valence-electron chi connectivity index (χ4n) is 1.11. The Balaban J connectivity index is 2.87. The normalized spacial score (nSPS) is 10.1. The zero-order chi connectivity index (χ0) is 11.3. The van der Waals surface area contributed by atoms with Gasteiger partial charge in [-0.2, -0.15) is 0 Å². The predicted octanol–water partition coefficient (Wildman–Crippen LogP) is 4.09. The van der Waals surface area contributed by atoms with Crippen molar-refractivity contribution in [2.45, 2.75) is 19.8 Å². The van der Waals surface area contributed by atoms with Crippen LogP contribution in [0.4, 0.5) is 0 Å². The molecular formula is C11H12BrClO2. The molecule has 0 unspecified atom stereocenters. The first-order chi connectivity index (χ1) is 7.20. The second-order valence-electron chi connectivity index (χ2n) is 3.09. The molecule has 0 amide bonds. The zero-order valence-corrected chi connectivity index (χ0v) is 10.8. The molecule has 4 heteroatoms. The molecule has 0 saturated carbocycles. The van der Waals surface area contributed by atoms with Crippen LogP contribution in [0.2, 0.25) is 5.02 Å². The molecule has 0 radical (unpaired) electrons. The largest absolute Gasteiger partial charge is 0.493 e. The van der Waals surface area contributed by atoms with E-state index in [1.54, 1.807) is 12.1 Å². The summed E-state index contributed by atoms with van der Waals surface area (Å²) in [6.07, 6.45) is 2.78. The molecule has 2 nitrogen and oxygen atoms in total. The minimum atomic E-state index is 0.471. The van der Waals surface area contributed by atoms with Crippen molar-refractivity contribution >= 4 is 33.8 Å². The van der Waals surface area contributed by atoms with E-state index in [-0.39, 0.29) is 0 Å². The molecule has 0 aliphatic carbocycles. The lowest BCUT2D eigenvalue weighted by Crippen LogP contribution is -2.00. The van der Waals surface area contributed by atoms with Crippen molar-refractivity contribution in [3.8, 4) is 5.75 Å². The van der Waals surface area contributed by atoms with Crippen LogP contribution in [0.1, 0.15) is 30.1 Å². The van der Waals surface area contributed by atoms with Gasteiger partial charge in [0.1, 0.15) is 5.75 Å². The predicted molar refractivity (Wildman–Crippen MR) is 64.9 cm³/mol. The van der Waals surface area contributed by atoms with E-state index in [0.29, 0.717) is 27.4 Å². The highest BCUT2D eigenvalue weighted by atomic mass is 79.9. The molecule has 0 spiro atoms. The van der Waals surface area contributed by atoms with Gasteiger partial charge in [0.15, 0.2) is 6.29 Å². The van der Waals surface area contributed by atoms with Gasteiger partial charge in [-0.3, -0.25) is 4.79 Å². The van der Waals surface area contributed by atoms with Crippen LogP contribution in [0.5, 0.6) is 5.75 Å². The van der Waals surface area contributed by atoms with E-state index in [0.717, 1.165) is 19.1 Å². The molecule has 0 heterocycles. The molecule has 1 aromatic carbocycles. The standard InChI is InChI=1S/C11H12BrClO2/c1-2-3-6-15-10-5-4-9(13)11(12)8(10)7-14/h4-5,7H,2-3,6H2,1H3. The summed E-state index contributed by atoms with van der Waals surface area (Å²) in [6.45, 7) is 2.70. The van der Waals surface area contributed by atoms with Crippen LogP contribution in [-0.2, 0) is 0 Å². The maximum Gasteiger partial charge on any atom is 0.154 e. The number of unbranched alkanes of at least 4 members (excludes halogenated alkanes) is 1. The summed E-state index contributed by atoms with van der Waals surface area (Å²) < 4.78 is 6.08. The first-order valence-corrected chi connectivity index (χ1v) is 5.93. The number of halogens is 2. The first-order valence-electron chi connectivity index (χ1n) is 4.76. The monoisotopic (exact) mass is 290 g/mol. The molecule has 1 rings (SSSR count). The summed E-state index contributed by atoms with van der Waals surface area (Å²) in [7, 11) is 0. The van der Waals surface area contributed by atoms with Crippen molar-refractivity contribution in [3.05, 3.63) is 27.2 Å². The third-order valence-electron chi connectivity index (χ3n) is 1.97. The zero-order valence-electron chi connectivity index (χ0n) is 8.43. The maximum atomic E-state index is 10.9. The Bertz CT molecular complexity index is 353. The Morgan fingerprint density at radius 1 is 1.53 bits per heavy atom. The van der Waals surface area contributed by atoms with E-state index < -0.39 is 0 Å². The summed E-state index contributed by atoms with van der Waals surface area (Å²) >= 11 is 9.12. The maximum absolute atomic E-state index is 10.9. The molecule has 0 aliphatic rings. The minimum Gasteiger partial charge on any atom is -0.493 e. The highest BCUT2D eigenvalue weighted by Crippen LogP contribution is 2.32. The molecule has 15 heavy (non-hydrogen) atoms. The van der Waals surface area contributed by atoms with Gasteiger partial charge in [0.05, 0.1) is 21.7 Å². The van der Waals surface area contributed by atoms with Gasteiger partial charge in [-0.1, -0.05) is 24.9 Å². The average molecular weight is 292 g/mol. The van der Waals surface area contributed by atoms with E-state index in [4.69, 9.17) is 16.3 Å². The number of carbonyl (C=O) groups excluding carboxylic acids is 1. The number of hydrogen-bond donors (Lipinski definition) is 0. The second-order valence-corrected chi connectivity index (χ2v) is 4.29. The lowest BCUT2D eigenvalue weighted by Gasteiger charge is -2.09. The van der Waals surface area contributed by atoms with E-state index in [2.05, 4.69) is 22.9 Å². The Morgan fingerprint density at radius 2 is 2.27 bits per heavy atom. The molecule has 82 valence electrons. The van der Waals surface area contributed by atoms with Gasteiger partial charge in [-0.05, 0) is 34.5 Å². The highest BCUT2D eigenvalue weighted by molar-refractivity contribution is 9.10. The van der Waals surface area contributed by atoms with E-state index in [9.17, 15) is 4.79 Å². The summed E-state index contributed by atoms with van der Waals surface area (Å²) in [5.74, 6) is 0.578. The second kappa shape index (κ2) is 6.13. The third kappa shape index (κ3) is 3.21. The highest BCUT2D eigenvalue weighted by Gasteiger charge is 2.10. The van der Waals surface area contributed by atoms with Crippen molar-refractivity contribution in [1.29, 1.82) is 0 Å². The summed E-state index contributed by atoms with van der Waals surface area (Å²) in [5.41, 5.74) is 0.471. The fraction of sp³-hybridized carbons (Fsp3) is 0.364. The average Bonchev–Trinajstić information content (AvgIpc) is 2.24. The van der Waals surface area contributed by atoms with Gasteiger partial charge in [-0.25, -0.2) is 0 Å². The quantitative estimate of drug-likeness (QED) is 0.603. The van der Waals surface area contributed by atoms with Crippen LogP contribution in [-0.4, -0.2) is 12.9 Å². The van der Waals surface area contributed by atoms with Crippen molar-refractivity contribution in [2.75, 3.05) is 6.61 Å². The number of benzene rings is 1. The van der Waals surface area contributed by atoms with Gasteiger partial charge >= 0.3 is 0 Å².